The topological polar surface area (TPSA) is 73.8 Å². The first-order chi connectivity index (χ1) is 16.7. The highest BCUT2D eigenvalue weighted by atomic mass is 16.2. The Morgan fingerprint density at radius 3 is 2.44 bits per heavy atom. The van der Waals surface area contributed by atoms with Gasteiger partial charge in [0.1, 0.15) is 0 Å². The number of para-hydroxylation sites is 1. The van der Waals surface area contributed by atoms with Crippen LogP contribution in [-0.2, 0) is 11.3 Å². The van der Waals surface area contributed by atoms with Gasteiger partial charge in [0.25, 0.3) is 11.8 Å². The number of aliphatic imine (C=N–C) groups is 1. The van der Waals surface area contributed by atoms with Crippen LogP contribution in [-0.4, -0.2) is 41.7 Å². The molecule has 0 aromatic heterocycles. The minimum Gasteiger partial charge on any atom is -0.322 e. The van der Waals surface area contributed by atoms with Crippen molar-refractivity contribution in [2.75, 3.05) is 18.4 Å². The first kappa shape index (κ1) is 22.0. The summed E-state index contributed by atoms with van der Waals surface area (Å²) in [6, 6.07) is 24.9. The van der Waals surface area contributed by atoms with E-state index in [0.29, 0.717) is 17.0 Å². The van der Waals surface area contributed by atoms with E-state index in [1.807, 2.05) is 78.9 Å². The van der Waals surface area contributed by atoms with Crippen LogP contribution in [0, 0.1) is 0 Å². The summed E-state index contributed by atoms with van der Waals surface area (Å²) in [4.78, 5) is 33.6. The number of rotatable bonds is 5. The Hall–Kier alpha value is -3.77. The standard InChI is InChI=1S/C28H28N4O2/c33-27(22-14-6-5-13-21(22)19-32-17-9-2-10-18-32)31-26-28(34)29-24-16-8-7-15-23(24)25(30-26)20-11-3-1-4-12-20/h1,3-8,11-16,26H,2,9-10,17-19H2,(H,29,34)(H,31,33). The predicted octanol–water partition coefficient (Wildman–Crippen LogP) is 4.22. The smallest absolute Gasteiger partial charge is 0.269 e. The molecule has 1 saturated heterocycles. The SMILES string of the molecule is O=C(NC1N=C(c2ccccc2)c2ccccc2NC1=O)c1ccccc1CN1CCCCC1. The van der Waals surface area contributed by atoms with Gasteiger partial charge in [-0.25, -0.2) is 4.99 Å². The number of benzodiazepines with no additional fused rings is 1. The summed E-state index contributed by atoms with van der Waals surface area (Å²) in [5, 5.41) is 5.81. The summed E-state index contributed by atoms with van der Waals surface area (Å²) >= 11 is 0. The molecule has 172 valence electrons. The Kier molecular flexibility index (Phi) is 6.49. The number of nitrogens with one attached hydrogen (secondary N) is 2. The summed E-state index contributed by atoms with van der Waals surface area (Å²) in [5.41, 5.74) is 4.60. The van der Waals surface area contributed by atoms with Gasteiger partial charge in [0.2, 0.25) is 6.17 Å². The fourth-order valence-corrected chi connectivity index (χ4v) is 4.62. The van der Waals surface area contributed by atoms with Gasteiger partial charge >= 0.3 is 0 Å². The highest BCUT2D eigenvalue weighted by Gasteiger charge is 2.28. The van der Waals surface area contributed by atoms with E-state index in [1.54, 1.807) is 0 Å². The zero-order valence-corrected chi connectivity index (χ0v) is 19.0. The van der Waals surface area contributed by atoms with Crippen molar-refractivity contribution < 1.29 is 9.59 Å². The number of hydrogen-bond donors (Lipinski definition) is 2. The lowest BCUT2D eigenvalue weighted by molar-refractivity contribution is -0.117. The molecule has 3 aromatic carbocycles. The van der Waals surface area contributed by atoms with Gasteiger partial charge in [-0.3, -0.25) is 14.5 Å². The van der Waals surface area contributed by atoms with E-state index in [9.17, 15) is 9.59 Å². The second-order valence-corrected chi connectivity index (χ2v) is 8.75. The van der Waals surface area contributed by atoms with Crippen LogP contribution in [0.3, 0.4) is 0 Å². The van der Waals surface area contributed by atoms with E-state index in [2.05, 4.69) is 15.5 Å². The fraction of sp³-hybridized carbons (Fsp3) is 0.250. The minimum atomic E-state index is -1.04. The quantitative estimate of drug-likeness (QED) is 0.609. The van der Waals surface area contributed by atoms with Gasteiger partial charge in [0.15, 0.2) is 0 Å². The van der Waals surface area contributed by atoms with Crippen LogP contribution in [0.5, 0.6) is 0 Å². The van der Waals surface area contributed by atoms with Crippen molar-refractivity contribution >= 4 is 23.2 Å². The molecule has 1 fully saturated rings. The maximum Gasteiger partial charge on any atom is 0.269 e. The second kappa shape index (κ2) is 10.0. The van der Waals surface area contributed by atoms with Crippen LogP contribution in [0.15, 0.2) is 83.9 Å². The van der Waals surface area contributed by atoms with E-state index >= 15 is 0 Å². The Bertz CT molecular complexity index is 1220. The van der Waals surface area contributed by atoms with Gasteiger partial charge in [-0.05, 0) is 43.6 Å². The number of nitrogens with zero attached hydrogens (tertiary/aromatic N) is 2. The Labute approximate surface area is 199 Å². The average Bonchev–Trinajstić information content (AvgIpc) is 3.01. The molecule has 2 aliphatic rings. The predicted molar refractivity (Wildman–Crippen MR) is 134 cm³/mol. The van der Waals surface area contributed by atoms with Crippen molar-refractivity contribution in [2.24, 2.45) is 4.99 Å². The van der Waals surface area contributed by atoms with Crippen LogP contribution in [0.1, 0.15) is 46.3 Å². The lowest BCUT2D eigenvalue weighted by Crippen LogP contribution is -2.42. The molecule has 2 heterocycles. The third-order valence-corrected chi connectivity index (χ3v) is 6.37. The van der Waals surface area contributed by atoms with E-state index in [-0.39, 0.29) is 11.8 Å². The van der Waals surface area contributed by atoms with Gasteiger partial charge in [-0.2, -0.15) is 0 Å². The normalized spacial score (nSPS) is 18.3. The molecular formula is C28H28N4O2. The molecule has 1 unspecified atom stereocenters. The van der Waals surface area contributed by atoms with E-state index in [4.69, 9.17) is 4.99 Å². The maximum atomic E-state index is 13.4. The lowest BCUT2D eigenvalue weighted by atomic mass is 10.0. The zero-order valence-electron chi connectivity index (χ0n) is 19.0. The number of amides is 2. The second-order valence-electron chi connectivity index (χ2n) is 8.75. The van der Waals surface area contributed by atoms with E-state index in [1.165, 1.54) is 19.3 Å². The first-order valence-corrected chi connectivity index (χ1v) is 11.8. The lowest BCUT2D eigenvalue weighted by Gasteiger charge is -2.27. The molecule has 2 N–H and O–H groups in total. The van der Waals surface area contributed by atoms with Gasteiger partial charge in [0.05, 0.1) is 11.4 Å². The third-order valence-electron chi connectivity index (χ3n) is 6.37. The number of carbonyl (C=O) groups is 2. The third kappa shape index (κ3) is 4.77. The Morgan fingerprint density at radius 1 is 0.912 bits per heavy atom. The van der Waals surface area contributed by atoms with Crippen molar-refractivity contribution in [1.29, 1.82) is 0 Å². The number of benzene rings is 3. The number of anilines is 1. The maximum absolute atomic E-state index is 13.4. The number of likely N-dealkylation sites (tertiary alicyclic amines) is 1. The number of fused-ring (bicyclic) bond motifs is 1. The van der Waals surface area contributed by atoms with Crippen molar-refractivity contribution in [3.63, 3.8) is 0 Å². The fourth-order valence-electron chi connectivity index (χ4n) is 4.62. The molecule has 0 saturated carbocycles. The van der Waals surface area contributed by atoms with Gasteiger partial charge in [0, 0.05) is 23.2 Å². The van der Waals surface area contributed by atoms with Gasteiger partial charge in [-0.1, -0.05) is 73.2 Å². The average molecular weight is 453 g/mol. The molecule has 0 radical (unpaired) electrons. The van der Waals surface area contributed by atoms with Crippen LogP contribution in [0.4, 0.5) is 5.69 Å². The summed E-state index contributed by atoms with van der Waals surface area (Å²) in [6.45, 7) is 2.82. The van der Waals surface area contributed by atoms with Crippen LogP contribution >= 0.6 is 0 Å². The zero-order chi connectivity index (χ0) is 23.3. The van der Waals surface area contributed by atoms with Gasteiger partial charge < -0.3 is 10.6 Å². The van der Waals surface area contributed by atoms with Gasteiger partial charge in [-0.15, -0.1) is 0 Å². The highest BCUT2D eigenvalue weighted by molar-refractivity contribution is 6.20. The molecule has 0 aliphatic carbocycles. The summed E-state index contributed by atoms with van der Waals surface area (Å²) in [6.07, 6.45) is 2.60. The molecule has 0 bridgehead atoms. The monoisotopic (exact) mass is 452 g/mol. The van der Waals surface area contributed by atoms with Crippen molar-refractivity contribution in [3.8, 4) is 0 Å². The summed E-state index contributed by atoms with van der Waals surface area (Å²) < 4.78 is 0. The van der Waals surface area contributed by atoms with E-state index < -0.39 is 6.17 Å². The molecule has 2 aliphatic heterocycles. The number of carbonyl (C=O) groups excluding carboxylic acids is 2. The highest BCUT2D eigenvalue weighted by Crippen LogP contribution is 2.24. The molecule has 5 rings (SSSR count). The van der Waals surface area contributed by atoms with Crippen molar-refractivity contribution in [1.82, 2.24) is 10.2 Å². The Morgan fingerprint density at radius 2 is 1.62 bits per heavy atom. The molecule has 34 heavy (non-hydrogen) atoms. The largest absolute Gasteiger partial charge is 0.322 e. The van der Waals surface area contributed by atoms with Crippen molar-refractivity contribution in [2.45, 2.75) is 32.0 Å². The minimum absolute atomic E-state index is 0.296. The number of piperidine rings is 1. The Balaban J connectivity index is 1.44. The van der Waals surface area contributed by atoms with Crippen LogP contribution in [0.2, 0.25) is 0 Å². The molecule has 6 heteroatoms. The molecule has 0 spiro atoms. The molecule has 3 aromatic rings. The summed E-state index contributed by atoms with van der Waals surface area (Å²) in [5.74, 6) is -0.657. The molecule has 6 nitrogen and oxygen atoms in total. The summed E-state index contributed by atoms with van der Waals surface area (Å²) in [7, 11) is 0. The first-order valence-electron chi connectivity index (χ1n) is 11.8. The molecule has 2 amide bonds. The number of hydrogen-bond acceptors (Lipinski definition) is 4. The molecule has 1 atom stereocenters. The van der Waals surface area contributed by atoms with E-state index in [0.717, 1.165) is 36.3 Å². The van der Waals surface area contributed by atoms with Crippen LogP contribution < -0.4 is 10.6 Å². The van der Waals surface area contributed by atoms with Crippen molar-refractivity contribution in [3.05, 3.63) is 101 Å². The van der Waals surface area contributed by atoms with Crippen LogP contribution in [0.25, 0.3) is 0 Å². The molecular weight excluding hydrogens is 424 g/mol.